The average Bonchev–Trinajstić information content (AvgIpc) is 3.07. The van der Waals surface area contributed by atoms with Crippen LogP contribution < -0.4 is 5.32 Å². The van der Waals surface area contributed by atoms with Crippen molar-refractivity contribution in [1.29, 1.82) is 0 Å². The first-order valence-corrected chi connectivity index (χ1v) is 11.0. The summed E-state index contributed by atoms with van der Waals surface area (Å²) in [6.07, 6.45) is -0.0285. The van der Waals surface area contributed by atoms with E-state index in [2.05, 4.69) is 20.4 Å². The van der Waals surface area contributed by atoms with Crippen LogP contribution in [0.1, 0.15) is 10.6 Å². The number of halogens is 2. The van der Waals surface area contributed by atoms with Gasteiger partial charge >= 0.3 is 0 Å². The van der Waals surface area contributed by atoms with Crippen LogP contribution in [-0.4, -0.2) is 59.1 Å². The molecule has 1 N–H and O–H groups in total. The molecular weight excluding hydrogens is 427 g/mol. The van der Waals surface area contributed by atoms with E-state index in [1.165, 1.54) is 23.1 Å². The van der Waals surface area contributed by atoms with Gasteiger partial charge in [0.2, 0.25) is 5.91 Å². The second-order valence-electron chi connectivity index (χ2n) is 6.16. The highest BCUT2D eigenvalue weighted by Crippen LogP contribution is 2.24. The molecule has 1 aliphatic heterocycles. The summed E-state index contributed by atoms with van der Waals surface area (Å²) in [7, 11) is 0. The number of hydrogen-bond acceptors (Lipinski definition) is 7. The highest BCUT2D eigenvalue weighted by molar-refractivity contribution is 8.01. The molecule has 146 valence electrons. The van der Waals surface area contributed by atoms with Gasteiger partial charge in [0.05, 0.1) is 28.5 Å². The zero-order valence-electron chi connectivity index (χ0n) is 14.8. The molecule has 1 saturated heterocycles. The minimum absolute atomic E-state index is 0.0285. The van der Waals surface area contributed by atoms with E-state index in [-0.39, 0.29) is 12.0 Å². The third-order valence-corrected chi connectivity index (χ3v) is 6.69. The van der Waals surface area contributed by atoms with E-state index in [4.69, 9.17) is 27.9 Å². The van der Waals surface area contributed by atoms with E-state index >= 15 is 0 Å². The van der Waals surface area contributed by atoms with E-state index in [9.17, 15) is 4.79 Å². The predicted octanol–water partition coefficient (Wildman–Crippen LogP) is 3.26. The Morgan fingerprint density at radius 2 is 2.26 bits per heavy atom. The third kappa shape index (κ3) is 6.58. The minimum atomic E-state index is -0.0296. The van der Waals surface area contributed by atoms with Crippen LogP contribution >= 0.6 is 46.3 Å². The second kappa shape index (κ2) is 10.0. The van der Waals surface area contributed by atoms with Gasteiger partial charge in [-0.05, 0) is 24.6 Å². The summed E-state index contributed by atoms with van der Waals surface area (Å²) in [6.45, 7) is 5.40. The lowest BCUT2D eigenvalue weighted by molar-refractivity contribution is -0.119. The number of carbonyl (C=O) groups excluding carboxylic acids is 1. The number of rotatable bonds is 7. The van der Waals surface area contributed by atoms with Gasteiger partial charge in [-0.25, -0.2) is 0 Å². The van der Waals surface area contributed by atoms with Gasteiger partial charge in [0.25, 0.3) is 0 Å². The Balaban J connectivity index is 1.41. The number of thioether (sulfide) groups is 1. The Bertz CT molecular complexity index is 790. The number of benzene rings is 1. The second-order valence-corrected chi connectivity index (χ2v) is 9.37. The maximum atomic E-state index is 12.0. The number of amides is 1. The lowest BCUT2D eigenvalue weighted by Gasteiger charge is -2.33. The van der Waals surface area contributed by atoms with Crippen molar-refractivity contribution in [3.8, 4) is 0 Å². The van der Waals surface area contributed by atoms with E-state index in [0.717, 1.165) is 34.5 Å². The molecule has 6 nitrogen and oxygen atoms in total. The van der Waals surface area contributed by atoms with Gasteiger partial charge in [-0.15, -0.1) is 10.2 Å². The molecule has 0 spiro atoms. The molecule has 0 aliphatic carbocycles. The molecule has 0 saturated carbocycles. The molecule has 2 heterocycles. The molecule has 1 aromatic heterocycles. The number of nitrogens with zero attached hydrogens (tertiary/aromatic N) is 3. The molecule has 0 radical (unpaired) electrons. The highest BCUT2D eigenvalue weighted by atomic mass is 35.5. The Morgan fingerprint density at radius 3 is 3.00 bits per heavy atom. The van der Waals surface area contributed by atoms with Crippen LogP contribution in [0.3, 0.4) is 0 Å². The number of nitrogens with one attached hydrogen (secondary N) is 1. The molecule has 3 rings (SSSR count). The summed E-state index contributed by atoms with van der Waals surface area (Å²) in [5.41, 5.74) is 1.11. The van der Waals surface area contributed by atoms with Gasteiger partial charge in [-0.2, -0.15) is 0 Å². The monoisotopic (exact) mass is 446 g/mol. The summed E-state index contributed by atoms with van der Waals surface area (Å²) in [4.78, 5) is 14.3. The summed E-state index contributed by atoms with van der Waals surface area (Å²) in [5.74, 6) is 0.298. The van der Waals surface area contributed by atoms with Crippen LogP contribution in [0.4, 0.5) is 0 Å². The molecular formula is C17H20Cl2N4O2S2. The smallest absolute Gasteiger partial charge is 0.230 e. The van der Waals surface area contributed by atoms with Crippen LogP contribution in [0, 0.1) is 6.92 Å². The molecule has 1 fully saturated rings. The van der Waals surface area contributed by atoms with Crippen LogP contribution in [0.15, 0.2) is 22.5 Å². The first-order valence-electron chi connectivity index (χ1n) is 8.47. The Labute approximate surface area is 176 Å². The maximum Gasteiger partial charge on any atom is 0.230 e. The van der Waals surface area contributed by atoms with Crippen molar-refractivity contribution in [3.63, 3.8) is 0 Å². The molecule has 1 aliphatic rings. The van der Waals surface area contributed by atoms with Crippen molar-refractivity contribution < 1.29 is 9.53 Å². The third-order valence-electron chi connectivity index (χ3n) is 3.97. The number of carbonyl (C=O) groups is 1. The fraction of sp³-hybridized carbons (Fsp3) is 0.471. The number of hydrogen-bond donors (Lipinski definition) is 1. The number of ether oxygens (including phenoxy) is 1. The molecule has 27 heavy (non-hydrogen) atoms. The minimum Gasteiger partial charge on any atom is -0.374 e. The zero-order valence-corrected chi connectivity index (χ0v) is 17.9. The van der Waals surface area contributed by atoms with E-state index < -0.39 is 0 Å². The summed E-state index contributed by atoms with van der Waals surface area (Å²) < 4.78 is 6.58. The van der Waals surface area contributed by atoms with Crippen molar-refractivity contribution in [2.75, 3.05) is 32.0 Å². The van der Waals surface area contributed by atoms with Gasteiger partial charge in [0.15, 0.2) is 4.34 Å². The van der Waals surface area contributed by atoms with Gasteiger partial charge in [0.1, 0.15) is 5.01 Å². The van der Waals surface area contributed by atoms with E-state index in [1.807, 2.05) is 25.1 Å². The Morgan fingerprint density at radius 1 is 1.41 bits per heavy atom. The predicted molar refractivity (Wildman–Crippen MR) is 110 cm³/mol. The number of aryl methyl sites for hydroxylation is 1. The molecule has 0 bridgehead atoms. The van der Waals surface area contributed by atoms with Gasteiger partial charge in [-0.1, -0.05) is 52.4 Å². The normalized spacial score (nSPS) is 17.8. The van der Waals surface area contributed by atoms with Crippen LogP contribution in [0.5, 0.6) is 0 Å². The molecule has 1 unspecified atom stereocenters. The first-order chi connectivity index (χ1) is 13.0. The van der Waals surface area contributed by atoms with Crippen molar-refractivity contribution >= 4 is 52.2 Å². The number of aromatic nitrogens is 2. The standard InChI is InChI=1S/C17H20Cl2N4O2S2/c1-11-21-22-17(27-11)26-10-16(24)20-7-13-9-23(4-5-25-13)8-12-2-3-14(18)15(19)6-12/h2-3,6,13H,4-5,7-10H2,1H3,(H,20,24). The lowest BCUT2D eigenvalue weighted by Crippen LogP contribution is -2.47. The number of morpholine rings is 1. The van der Waals surface area contributed by atoms with Crippen molar-refractivity contribution in [1.82, 2.24) is 20.4 Å². The Kier molecular flexibility index (Phi) is 7.75. The van der Waals surface area contributed by atoms with Crippen molar-refractivity contribution in [2.45, 2.75) is 23.9 Å². The van der Waals surface area contributed by atoms with E-state index in [0.29, 0.717) is 28.9 Å². The van der Waals surface area contributed by atoms with Gasteiger partial charge in [0, 0.05) is 26.2 Å². The first kappa shape index (κ1) is 20.8. The lowest BCUT2D eigenvalue weighted by atomic mass is 10.2. The molecule has 10 heteroatoms. The molecule has 2 aromatic rings. The fourth-order valence-electron chi connectivity index (χ4n) is 2.69. The average molecular weight is 447 g/mol. The fourth-order valence-corrected chi connectivity index (χ4v) is 4.65. The largest absolute Gasteiger partial charge is 0.374 e. The molecule has 1 amide bonds. The van der Waals surface area contributed by atoms with Crippen LogP contribution in [0.25, 0.3) is 0 Å². The van der Waals surface area contributed by atoms with Crippen LogP contribution in [-0.2, 0) is 16.1 Å². The maximum absolute atomic E-state index is 12.0. The van der Waals surface area contributed by atoms with Gasteiger partial charge < -0.3 is 10.1 Å². The van der Waals surface area contributed by atoms with Crippen molar-refractivity contribution in [3.05, 3.63) is 38.8 Å². The summed E-state index contributed by atoms with van der Waals surface area (Å²) >= 11 is 14.9. The SMILES string of the molecule is Cc1nnc(SCC(=O)NCC2CN(Cc3ccc(Cl)c(Cl)c3)CCO2)s1. The van der Waals surface area contributed by atoms with Crippen LogP contribution in [0.2, 0.25) is 10.0 Å². The van der Waals surface area contributed by atoms with Gasteiger partial charge in [-0.3, -0.25) is 9.69 Å². The Hall–Kier alpha value is -0.900. The summed E-state index contributed by atoms with van der Waals surface area (Å²) in [6, 6.07) is 5.68. The topological polar surface area (TPSA) is 67.4 Å². The quantitative estimate of drug-likeness (QED) is 0.658. The molecule has 1 aromatic carbocycles. The van der Waals surface area contributed by atoms with Crippen molar-refractivity contribution in [2.24, 2.45) is 0 Å². The molecule has 1 atom stereocenters. The zero-order chi connectivity index (χ0) is 19.2. The van der Waals surface area contributed by atoms with E-state index in [1.54, 1.807) is 0 Å². The summed E-state index contributed by atoms with van der Waals surface area (Å²) in [5, 5.41) is 12.9. The highest BCUT2D eigenvalue weighted by Gasteiger charge is 2.21.